The summed E-state index contributed by atoms with van der Waals surface area (Å²) in [6.07, 6.45) is 6.29. The molecule has 2 heterocycles. The highest BCUT2D eigenvalue weighted by Crippen LogP contribution is 2.40. The van der Waals surface area contributed by atoms with Gasteiger partial charge in [-0.15, -0.1) is 11.3 Å². The first-order valence-electron chi connectivity index (χ1n) is 6.24. The Kier molecular flexibility index (Phi) is 3.47. The van der Waals surface area contributed by atoms with Crippen LogP contribution >= 0.6 is 34.9 Å². The Bertz CT molecular complexity index is 478. The lowest BCUT2D eigenvalue weighted by Crippen LogP contribution is -2.35. The molecule has 0 spiro atoms. The molecular weight excluding hydrogens is 286 g/mol. The number of fused-ring (bicyclic) bond motifs is 1. The minimum Gasteiger partial charge on any atom is -0.324 e. The van der Waals surface area contributed by atoms with E-state index < -0.39 is 0 Å². The van der Waals surface area contributed by atoms with Crippen molar-refractivity contribution in [3.8, 4) is 0 Å². The van der Waals surface area contributed by atoms with Gasteiger partial charge in [-0.1, -0.05) is 30.9 Å². The predicted octanol–water partition coefficient (Wildman–Crippen LogP) is 4.50. The SMILES string of the molecule is CC1(N=C2NSc3sc(Cl)cc3N2)CCCCC1. The van der Waals surface area contributed by atoms with Crippen LogP contribution in [0.5, 0.6) is 0 Å². The van der Waals surface area contributed by atoms with Crippen molar-refractivity contribution in [1.29, 1.82) is 0 Å². The number of guanidine groups is 1. The molecular formula is C12H16ClN3S2. The normalized spacial score (nSPS) is 24.2. The smallest absolute Gasteiger partial charge is 0.206 e. The van der Waals surface area contributed by atoms with Gasteiger partial charge in [0.2, 0.25) is 5.96 Å². The van der Waals surface area contributed by atoms with Crippen LogP contribution in [-0.2, 0) is 0 Å². The fraction of sp³-hybridized carbons (Fsp3) is 0.583. The van der Waals surface area contributed by atoms with Gasteiger partial charge in [-0.25, -0.2) is 4.99 Å². The van der Waals surface area contributed by atoms with Gasteiger partial charge in [0.1, 0.15) is 4.21 Å². The lowest BCUT2D eigenvalue weighted by Gasteiger charge is -2.31. The Hall–Kier alpha value is -0.390. The quantitative estimate of drug-likeness (QED) is 0.750. The molecule has 1 aromatic heterocycles. The Morgan fingerprint density at radius 3 is 2.89 bits per heavy atom. The van der Waals surface area contributed by atoms with Crippen molar-refractivity contribution in [3.05, 3.63) is 10.4 Å². The second kappa shape index (κ2) is 4.94. The number of rotatable bonds is 1. The van der Waals surface area contributed by atoms with E-state index in [0.717, 1.165) is 16.0 Å². The van der Waals surface area contributed by atoms with Crippen LogP contribution in [0.25, 0.3) is 0 Å². The van der Waals surface area contributed by atoms with E-state index in [-0.39, 0.29) is 5.54 Å². The minimum atomic E-state index is 0.0888. The van der Waals surface area contributed by atoms with Gasteiger partial charge in [0.15, 0.2) is 0 Å². The fourth-order valence-electron chi connectivity index (χ4n) is 2.50. The van der Waals surface area contributed by atoms with Crippen LogP contribution in [0.15, 0.2) is 15.3 Å². The molecule has 18 heavy (non-hydrogen) atoms. The van der Waals surface area contributed by atoms with Gasteiger partial charge in [-0.05, 0) is 25.8 Å². The molecule has 0 amide bonds. The molecule has 0 atom stereocenters. The summed E-state index contributed by atoms with van der Waals surface area (Å²) in [5, 5.41) is 3.33. The first kappa shape index (κ1) is 12.6. The third kappa shape index (κ3) is 2.63. The maximum Gasteiger partial charge on any atom is 0.206 e. The summed E-state index contributed by atoms with van der Waals surface area (Å²) in [5.74, 6) is 0.867. The third-order valence-corrected chi connectivity index (χ3v) is 5.73. The van der Waals surface area contributed by atoms with Crippen LogP contribution < -0.4 is 10.0 Å². The van der Waals surface area contributed by atoms with Crippen LogP contribution in [0, 0.1) is 0 Å². The van der Waals surface area contributed by atoms with Gasteiger partial charge in [0.25, 0.3) is 0 Å². The van der Waals surface area contributed by atoms with E-state index in [1.807, 2.05) is 6.07 Å². The number of anilines is 1. The number of nitrogens with one attached hydrogen (secondary N) is 2. The first-order chi connectivity index (χ1) is 8.65. The molecule has 0 radical (unpaired) electrons. The van der Waals surface area contributed by atoms with Crippen molar-refractivity contribution in [2.45, 2.75) is 48.8 Å². The molecule has 2 N–H and O–H groups in total. The van der Waals surface area contributed by atoms with Crippen molar-refractivity contribution in [2.24, 2.45) is 4.99 Å². The number of aliphatic imine (C=N–C) groups is 1. The van der Waals surface area contributed by atoms with Crippen LogP contribution in [0.1, 0.15) is 39.0 Å². The average Bonchev–Trinajstić information content (AvgIpc) is 2.69. The summed E-state index contributed by atoms with van der Waals surface area (Å²) in [4.78, 5) is 4.87. The maximum atomic E-state index is 6.02. The van der Waals surface area contributed by atoms with Crippen molar-refractivity contribution in [3.63, 3.8) is 0 Å². The van der Waals surface area contributed by atoms with E-state index >= 15 is 0 Å². The van der Waals surface area contributed by atoms with Crippen molar-refractivity contribution in [1.82, 2.24) is 4.72 Å². The molecule has 0 aromatic carbocycles. The monoisotopic (exact) mass is 301 g/mol. The Labute approximate surface area is 121 Å². The van der Waals surface area contributed by atoms with E-state index in [2.05, 4.69) is 17.0 Å². The number of halogens is 1. The van der Waals surface area contributed by atoms with E-state index in [1.54, 1.807) is 23.3 Å². The lowest BCUT2D eigenvalue weighted by atomic mass is 9.84. The fourth-order valence-corrected chi connectivity index (χ4v) is 4.62. The molecule has 2 aliphatic rings. The van der Waals surface area contributed by atoms with E-state index in [4.69, 9.17) is 16.6 Å². The summed E-state index contributed by atoms with van der Waals surface area (Å²) in [5.41, 5.74) is 1.16. The second-order valence-electron chi connectivity index (χ2n) is 5.10. The van der Waals surface area contributed by atoms with Crippen LogP contribution in [0.2, 0.25) is 4.34 Å². The molecule has 3 nitrogen and oxygen atoms in total. The van der Waals surface area contributed by atoms with Gasteiger partial charge in [0, 0.05) is 11.9 Å². The molecule has 1 aromatic rings. The molecule has 0 bridgehead atoms. The second-order valence-corrected chi connectivity index (χ2v) is 7.86. The summed E-state index contributed by atoms with van der Waals surface area (Å²) < 4.78 is 5.25. The molecule has 0 saturated heterocycles. The Morgan fingerprint density at radius 2 is 2.11 bits per heavy atom. The van der Waals surface area contributed by atoms with Crippen LogP contribution in [-0.4, -0.2) is 11.5 Å². The van der Waals surface area contributed by atoms with Gasteiger partial charge in [-0.2, -0.15) is 0 Å². The van der Waals surface area contributed by atoms with Crippen molar-refractivity contribution >= 4 is 46.5 Å². The predicted molar refractivity (Wildman–Crippen MR) is 80.9 cm³/mol. The van der Waals surface area contributed by atoms with Gasteiger partial charge in [0.05, 0.1) is 15.6 Å². The summed E-state index contributed by atoms with van der Waals surface area (Å²) in [6, 6.07) is 1.97. The van der Waals surface area contributed by atoms with Crippen molar-refractivity contribution in [2.75, 3.05) is 5.32 Å². The van der Waals surface area contributed by atoms with Crippen LogP contribution in [0.3, 0.4) is 0 Å². The lowest BCUT2D eigenvalue weighted by molar-refractivity contribution is 0.325. The molecule has 1 aliphatic heterocycles. The molecule has 1 fully saturated rings. The van der Waals surface area contributed by atoms with Crippen molar-refractivity contribution < 1.29 is 0 Å². The molecule has 1 saturated carbocycles. The van der Waals surface area contributed by atoms with E-state index in [0.29, 0.717) is 0 Å². The van der Waals surface area contributed by atoms with Gasteiger partial charge in [-0.3, -0.25) is 4.72 Å². The highest BCUT2D eigenvalue weighted by atomic mass is 35.5. The third-order valence-electron chi connectivity index (χ3n) is 3.47. The molecule has 6 heteroatoms. The number of nitrogens with zero attached hydrogens (tertiary/aromatic N) is 1. The van der Waals surface area contributed by atoms with Gasteiger partial charge < -0.3 is 5.32 Å². The zero-order chi connectivity index (χ0) is 12.6. The largest absolute Gasteiger partial charge is 0.324 e. The highest BCUT2D eigenvalue weighted by Gasteiger charge is 2.28. The average molecular weight is 302 g/mol. The van der Waals surface area contributed by atoms with Gasteiger partial charge >= 0.3 is 0 Å². The summed E-state index contributed by atoms with van der Waals surface area (Å²) in [6.45, 7) is 2.25. The van der Waals surface area contributed by atoms with Crippen LogP contribution in [0.4, 0.5) is 5.69 Å². The standard InChI is InChI=1S/C12H16ClN3S2/c1-12(5-3-2-4-6-12)15-11-14-8-7-9(13)17-10(8)18-16-11/h7H,2-6H2,1H3,(H2,14,15,16). The molecule has 0 unspecified atom stereocenters. The minimum absolute atomic E-state index is 0.0888. The zero-order valence-electron chi connectivity index (χ0n) is 10.3. The topological polar surface area (TPSA) is 36.4 Å². The number of hydrogen-bond donors (Lipinski definition) is 2. The molecule has 3 rings (SSSR count). The zero-order valence-corrected chi connectivity index (χ0v) is 12.6. The molecule has 1 aliphatic carbocycles. The van der Waals surface area contributed by atoms with E-state index in [9.17, 15) is 0 Å². The first-order valence-corrected chi connectivity index (χ1v) is 8.25. The molecule has 98 valence electrons. The number of hydrogen-bond acceptors (Lipinski definition) is 3. The highest BCUT2D eigenvalue weighted by molar-refractivity contribution is 8.00. The van der Waals surface area contributed by atoms with E-state index in [1.165, 1.54) is 36.3 Å². The Morgan fingerprint density at radius 1 is 1.33 bits per heavy atom. The summed E-state index contributed by atoms with van der Waals surface area (Å²) >= 11 is 9.20. The Balaban J connectivity index is 1.78. The number of thiophene rings is 1. The summed E-state index contributed by atoms with van der Waals surface area (Å²) in [7, 11) is 0. The maximum absolute atomic E-state index is 6.02.